The zero-order valence-corrected chi connectivity index (χ0v) is 14.5. The summed E-state index contributed by atoms with van der Waals surface area (Å²) < 4.78 is 12.0. The van der Waals surface area contributed by atoms with Gasteiger partial charge >= 0.3 is 5.97 Å². The van der Waals surface area contributed by atoms with Crippen molar-refractivity contribution in [1.29, 1.82) is 0 Å². The van der Waals surface area contributed by atoms with Crippen LogP contribution < -0.4 is 20.3 Å². The quantitative estimate of drug-likeness (QED) is 0.745. The molecule has 1 heterocycles. The highest BCUT2D eigenvalue weighted by Gasteiger charge is 2.13. The molecule has 0 atom stereocenters. The molecule has 1 aromatic carbocycles. The molecule has 1 amide bonds. The molecule has 0 fully saturated rings. The topological polar surface area (TPSA) is 107 Å². The minimum absolute atomic E-state index is 0.149. The van der Waals surface area contributed by atoms with Gasteiger partial charge < -0.3 is 24.5 Å². The maximum atomic E-state index is 12.4. The molecule has 1 aromatic heterocycles. The van der Waals surface area contributed by atoms with Crippen LogP contribution in [0.3, 0.4) is 0 Å². The van der Waals surface area contributed by atoms with Gasteiger partial charge in [0.15, 0.2) is 18.1 Å². The molecule has 138 valence electrons. The van der Waals surface area contributed by atoms with Crippen LogP contribution in [0.1, 0.15) is 24.2 Å². The van der Waals surface area contributed by atoms with Crippen LogP contribution in [0, 0.1) is 0 Å². The van der Waals surface area contributed by atoms with Crippen molar-refractivity contribution in [2.24, 2.45) is 0 Å². The van der Waals surface area contributed by atoms with E-state index in [1.54, 1.807) is 13.1 Å². The molecule has 0 aliphatic rings. The minimum atomic E-state index is -1.11. The van der Waals surface area contributed by atoms with Gasteiger partial charge in [-0.25, -0.2) is 4.79 Å². The van der Waals surface area contributed by atoms with Crippen LogP contribution in [0.15, 0.2) is 41.3 Å². The van der Waals surface area contributed by atoms with Gasteiger partial charge in [0.05, 0.1) is 12.3 Å². The molecule has 2 aromatic rings. The van der Waals surface area contributed by atoms with E-state index in [-0.39, 0.29) is 17.1 Å². The van der Waals surface area contributed by atoms with Crippen molar-refractivity contribution < 1.29 is 24.2 Å². The van der Waals surface area contributed by atoms with E-state index < -0.39 is 18.5 Å². The SMILES string of the molecule is CCOc1cc(C(=O)Nc2ccc(=O)n(CC)c2)ccc1OCC(=O)O. The molecule has 8 nitrogen and oxygen atoms in total. The zero-order chi connectivity index (χ0) is 19.1. The van der Waals surface area contributed by atoms with Crippen LogP contribution >= 0.6 is 0 Å². The Morgan fingerprint density at radius 1 is 1.12 bits per heavy atom. The highest BCUT2D eigenvalue weighted by atomic mass is 16.5. The number of nitrogens with one attached hydrogen (secondary N) is 1. The second-order valence-electron chi connectivity index (χ2n) is 5.27. The average molecular weight is 360 g/mol. The first-order valence-electron chi connectivity index (χ1n) is 8.07. The van der Waals surface area contributed by atoms with E-state index >= 15 is 0 Å². The Hall–Kier alpha value is -3.29. The Kier molecular flexibility index (Phi) is 6.37. The van der Waals surface area contributed by atoms with Gasteiger partial charge in [-0.15, -0.1) is 0 Å². The number of anilines is 1. The number of rotatable bonds is 8. The Morgan fingerprint density at radius 3 is 2.54 bits per heavy atom. The smallest absolute Gasteiger partial charge is 0.341 e. The van der Waals surface area contributed by atoms with Crippen molar-refractivity contribution in [2.45, 2.75) is 20.4 Å². The number of carbonyl (C=O) groups excluding carboxylic acids is 1. The molecule has 2 rings (SSSR count). The molecule has 0 bridgehead atoms. The number of carboxylic acids is 1. The second-order valence-corrected chi connectivity index (χ2v) is 5.27. The second kappa shape index (κ2) is 8.70. The van der Waals surface area contributed by atoms with Gasteiger partial charge in [-0.3, -0.25) is 9.59 Å². The zero-order valence-electron chi connectivity index (χ0n) is 14.5. The van der Waals surface area contributed by atoms with E-state index in [0.717, 1.165) is 0 Å². The number of ether oxygens (including phenoxy) is 2. The summed E-state index contributed by atoms with van der Waals surface area (Å²) in [7, 11) is 0. The van der Waals surface area contributed by atoms with Gasteiger partial charge in [0.1, 0.15) is 0 Å². The molecule has 0 unspecified atom stereocenters. The Balaban J connectivity index is 2.21. The standard InChI is InChI=1S/C18H20N2O6/c1-3-20-10-13(6-8-16(20)21)19-18(24)12-5-7-14(26-11-17(22)23)15(9-12)25-4-2/h5-10H,3-4,11H2,1-2H3,(H,19,24)(H,22,23). The van der Waals surface area contributed by atoms with Crippen molar-refractivity contribution in [2.75, 3.05) is 18.5 Å². The van der Waals surface area contributed by atoms with E-state index in [4.69, 9.17) is 14.6 Å². The van der Waals surface area contributed by atoms with Gasteiger partial charge in [0.2, 0.25) is 0 Å². The van der Waals surface area contributed by atoms with Gasteiger partial charge in [0.25, 0.3) is 11.5 Å². The number of hydrogen-bond acceptors (Lipinski definition) is 5. The fraction of sp³-hybridized carbons (Fsp3) is 0.278. The summed E-state index contributed by atoms with van der Waals surface area (Å²) in [5.41, 5.74) is 0.648. The van der Waals surface area contributed by atoms with Crippen molar-refractivity contribution in [3.63, 3.8) is 0 Å². The highest BCUT2D eigenvalue weighted by molar-refractivity contribution is 6.04. The third-order valence-corrected chi connectivity index (χ3v) is 3.44. The van der Waals surface area contributed by atoms with Crippen molar-refractivity contribution in [1.82, 2.24) is 4.57 Å². The lowest BCUT2D eigenvalue weighted by Gasteiger charge is -2.13. The first-order chi connectivity index (χ1) is 12.4. The maximum Gasteiger partial charge on any atom is 0.341 e. The monoisotopic (exact) mass is 360 g/mol. The molecule has 0 spiro atoms. The van der Waals surface area contributed by atoms with Crippen molar-refractivity contribution in [3.05, 3.63) is 52.4 Å². The molecule has 26 heavy (non-hydrogen) atoms. The van der Waals surface area contributed by atoms with Crippen LogP contribution in [0.25, 0.3) is 0 Å². The predicted molar refractivity (Wildman–Crippen MR) is 95.1 cm³/mol. The molecule has 0 saturated heterocycles. The van der Waals surface area contributed by atoms with E-state index in [9.17, 15) is 14.4 Å². The summed E-state index contributed by atoms with van der Waals surface area (Å²) in [6, 6.07) is 7.38. The van der Waals surface area contributed by atoms with Crippen LogP contribution in [0.4, 0.5) is 5.69 Å². The summed E-state index contributed by atoms with van der Waals surface area (Å²) in [5, 5.41) is 11.4. The molecule has 2 N–H and O–H groups in total. The molecular formula is C18H20N2O6. The third kappa shape index (κ3) is 4.85. The predicted octanol–water partition coefficient (Wildman–Crippen LogP) is 1.98. The summed E-state index contributed by atoms with van der Waals surface area (Å²) >= 11 is 0. The maximum absolute atomic E-state index is 12.4. The fourth-order valence-corrected chi connectivity index (χ4v) is 2.23. The third-order valence-electron chi connectivity index (χ3n) is 3.44. The lowest BCUT2D eigenvalue weighted by molar-refractivity contribution is -0.139. The number of aryl methyl sites for hydroxylation is 1. The number of carboxylic acid groups (broad SMARTS) is 1. The van der Waals surface area contributed by atoms with Crippen LogP contribution in [-0.2, 0) is 11.3 Å². The Morgan fingerprint density at radius 2 is 1.88 bits per heavy atom. The molecule has 0 aliphatic carbocycles. The van der Waals surface area contributed by atoms with Crippen LogP contribution in [-0.4, -0.2) is 34.8 Å². The van der Waals surface area contributed by atoms with E-state index in [2.05, 4.69) is 5.32 Å². The van der Waals surface area contributed by atoms with E-state index in [1.807, 2.05) is 6.92 Å². The number of hydrogen-bond donors (Lipinski definition) is 2. The Labute approximate surface area is 150 Å². The summed E-state index contributed by atoms with van der Waals surface area (Å²) in [5.74, 6) is -0.984. The largest absolute Gasteiger partial charge is 0.490 e. The lowest BCUT2D eigenvalue weighted by Crippen LogP contribution is -2.19. The molecule has 0 saturated carbocycles. The number of benzene rings is 1. The minimum Gasteiger partial charge on any atom is -0.490 e. The summed E-state index contributed by atoms with van der Waals surface area (Å²) in [4.78, 5) is 34.7. The van der Waals surface area contributed by atoms with Crippen molar-refractivity contribution >= 4 is 17.6 Å². The van der Waals surface area contributed by atoms with Crippen molar-refractivity contribution in [3.8, 4) is 11.5 Å². The van der Waals surface area contributed by atoms with Crippen LogP contribution in [0.5, 0.6) is 11.5 Å². The van der Waals surface area contributed by atoms with E-state index in [0.29, 0.717) is 24.4 Å². The Bertz CT molecular complexity index is 859. The summed E-state index contributed by atoms with van der Waals surface area (Å²) in [6.45, 7) is 3.91. The van der Waals surface area contributed by atoms with Gasteiger partial charge in [-0.2, -0.15) is 0 Å². The van der Waals surface area contributed by atoms with Crippen LogP contribution in [0.2, 0.25) is 0 Å². The number of carbonyl (C=O) groups is 2. The fourth-order valence-electron chi connectivity index (χ4n) is 2.23. The normalized spacial score (nSPS) is 10.2. The lowest BCUT2D eigenvalue weighted by atomic mass is 10.2. The molecular weight excluding hydrogens is 340 g/mol. The number of pyridine rings is 1. The van der Waals surface area contributed by atoms with Gasteiger partial charge in [0, 0.05) is 24.4 Å². The highest BCUT2D eigenvalue weighted by Crippen LogP contribution is 2.28. The van der Waals surface area contributed by atoms with Gasteiger partial charge in [-0.1, -0.05) is 0 Å². The van der Waals surface area contributed by atoms with Gasteiger partial charge in [-0.05, 0) is 38.1 Å². The molecule has 0 aliphatic heterocycles. The number of amides is 1. The molecule has 0 radical (unpaired) electrons. The number of aliphatic carboxylic acids is 1. The summed E-state index contributed by atoms with van der Waals surface area (Å²) in [6.07, 6.45) is 1.56. The average Bonchev–Trinajstić information content (AvgIpc) is 2.62. The molecule has 8 heteroatoms. The number of aromatic nitrogens is 1. The first kappa shape index (κ1) is 19.0. The first-order valence-corrected chi connectivity index (χ1v) is 8.07. The number of nitrogens with zero attached hydrogens (tertiary/aromatic N) is 1. The van der Waals surface area contributed by atoms with E-state index in [1.165, 1.54) is 34.9 Å².